The highest BCUT2D eigenvalue weighted by molar-refractivity contribution is 6.34. The van der Waals surface area contributed by atoms with Crippen LogP contribution in [0.4, 0.5) is 0 Å². The summed E-state index contributed by atoms with van der Waals surface area (Å²) >= 11 is 5.86. The van der Waals surface area contributed by atoms with Crippen LogP contribution in [0.1, 0.15) is 10.4 Å². The molecule has 4 nitrogen and oxygen atoms in total. The van der Waals surface area contributed by atoms with Gasteiger partial charge in [-0.1, -0.05) is 17.7 Å². The minimum Gasteiger partial charge on any atom is -0.467 e. The Morgan fingerprint density at radius 3 is 2.73 bits per heavy atom. The number of rotatable bonds is 4. The normalized spacial score (nSPS) is 9.80. The Morgan fingerprint density at radius 2 is 2.13 bits per heavy atom. The van der Waals surface area contributed by atoms with Gasteiger partial charge in [0.1, 0.15) is 11.3 Å². The average molecular weight is 231 g/mol. The average Bonchev–Trinajstić information content (AvgIpc) is 2.25. The van der Waals surface area contributed by atoms with E-state index in [0.717, 1.165) is 0 Å². The highest BCUT2D eigenvalue weighted by atomic mass is 35.5. The summed E-state index contributed by atoms with van der Waals surface area (Å²) in [6.45, 7) is 0.0460. The number of hydrogen-bond donors (Lipinski definition) is 0. The standard InChI is InChI=1S/C10H11ClO4/c1-13-6-15-8-5-3-4-7(11)9(8)10(12)14-2/h3-5H,6H2,1-2H3. The lowest BCUT2D eigenvalue weighted by atomic mass is 10.2. The highest BCUT2D eigenvalue weighted by Gasteiger charge is 2.16. The SMILES string of the molecule is COCOc1cccc(Cl)c1C(=O)OC. The first-order chi connectivity index (χ1) is 7.20. The fraction of sp³-hybridized carbons (Fsp3) is 0.300. The van der Waals surface area contributed by atoms with E-state index in [-0.39, 0.29) is 17.4 Å². The van der Waals surface area contributed by atoms with Crippen LogP contribution in [-0.2, 0) is 9.47 Å². The molecule has 0 aromatic heterocycles. The highest BCUT2D eigenvalue weighted by Crippen LogP contribution is 2.27. The number of methoxy groups -OCH3 is 2. The van der Waals surface area contributed by atoms with E-state index >= 15 is 0 Å². The molecular weight excluding hydrogens is 220 g/mol. The van der Waals surface area contributed by atoms with E-state index in [9.17, 15) is 4.79 Å². The Kier molecular flexibility index (Phi) is 4.39. The maximum absolute atomic E-state index is 11.4. The number of benzene rings is 1. The lowest BCUT2D eigenvalue weighted by Crippen LogP contribution is -2.08. The number of hydrogen-bond acceptors (Lipinski definition) is 4. The molecule has 0 unspecified atom stereocenters. The zero-order valence-electron chi connectivity index (χ0n) is 8.45. The second-order valence-electron chi connectivity index (χ2n) is 2.66. The topological polar surface area (TPSA) is 44.8 Å². The van der Waals surface area contributed by atoms with Crippen LogP contribution in [0, 0.1) is 0 Å². The fourth-order valence-electron chi connectivity index (χ4n) is 1.05. The van der Waals surface area contributed by atoms with E-state index in [1.807, 2.05) is 0 Å². The molecule has 0 fully saturated rings. The molecule has 0 saturated heterocycles. The maximum Gasteiger partial charge on any atom is 0.343 e. The van der Waals surface area contributed by atoms with Gasteiger partial charge in [-0.05, 0) is 12.1 Å². The molecule has 0 atom stereocenters. The summed E-state index contributed by atoms with van der Waals surface area (Å²) in [4.78, 5) is 11.4. The lowest BCUT2D eigenvalue weighted by Gasteiger charge is -2.10. The maximum atomic E-state index is 11.4. The Hall–Kier alpha value is -1.26. The third-order valence-electron chi connectivity index (χ3n) is 1.70. The van der Waals surface area contributed by atoms with Crippen molar-refractivity contribution in [1.29, 1.82) is 0 Å². The van der Waals surface area contributed by atoms with Gasteiger partial charge in [0.05, 0.1) is 12.1 Å². The van der Waals surface area contributed by atoms with Crippen molar-refractivity contribution in [2.75, 3.05) is 21.0 Å². The summed E-state index contributed by atoms with van der Waals surface area (Å²) in [5, 5.41) is 0.287. The number of ether oxygens (including phenoxy) is 3. The zero-order chi connectivity index (χ0) is 11.3. The monoisotopic (exact) mass is 230 g/mol. The Balaban J connectivity index is 3.03. The molecule has 0 bridgehead atoms. The molecule has 1 aromatic carbocycles. The van der Waals surface area contributed by atoms with Gasteiger partial charge >= 0.3 is 5.97 Å². The van der Waals surface area contributed by atoms with Crippen LogP contribution in [0.5, 0.6) is 5.75 Å². The second kappa shape index (κ2) is 5.58. The summed E-state index contributed by atoms with van der Waals surface area (Å²) in [5.41, 5.74) is 0.207. The van der Waals surface area contributed by atoms with Crippen LogP contribution in [0.25, 0.3) is 0 Å². The Morgan fingerprint density at radius 1 is 1.40 bits per heavy atom. The van der Waals surface area contributed by atoms with Crippen LogP contribution in [0.2, 0.25) is 5.02 Å². The van der Waals surface area contributed by atoms with Gasteiger partial charge in [-0.3, -0.25) is 0 Å². The molecule has 0 amide bonds. The van der Waals surface area contributed by atoms with E-state index in [4.69, 9.17) is 21.1 Å². The summed E-state index contributed by atoms with van der Waals surface area (Å²) in [5.74, 6) is -0.192. The van der Waals surface area contributed by atoms with Gasteiger partial charge in [0.2, 0.25) is 0 Å². The lowest BCUT2D eigenvalue weighted by molar-refractivity contribution is 0.0465. The molecule has 1 rings (SSSR count). The first-order valence-electron chi connectivity index (χ1n) is 4.19. The quantitative estimate of drug-likeness (QED) is 0.587. The van der Waals surface area contributed by atoms with Gasteiger partial charge in [0.15, 0.2) is 6.79 Å². The largest absolute Gasteiger partial charge is 0.467 e. The summed E-state index contributed by atoms with van der Waals surface area (Å²) in [6, 6.07) is 4.89. The van der Waals surface area contributed by atoms with Crippen LogP contribution >= 0.6 is 11.6 Å². The van der Waals surface area contributed by atoms with Gasteiger partial charge < -0.3 is 14.2 Å². The molecule has 5 heteroatoms. The molecule has 0 saturated carbocycles. The number of halogens is 1. The van der Waals surface area contributed by atoms with Gasteiger partial charge in [-0.15, -0.1) is 0 Å². The van der Waals surface area contributed by atoms with Gasteiger partial charge in [-0.25, -0.2) is 4.79 Å². The van der Waals surface area contributed by atoms with E-state index in [1.54, 1.807) is 18.2 Å². The predicted molar refractivity (Wildman–Crippen MR) is 55.3 cm³/mol. The van der Waals surface area contributed by atoms with E-state index in [1.165, 1.54) is 14.2 Å². The fourth-order valence-corrected chi connectivity index (χ4v) is 1.29. The summed E-state index contributed by atoms with van der Waals surface area (Å²) < 4.78 is 14.5. The molecule has 0 N–H and O–H groups in total. The van der Waals surface area contributed by atoms with E-state index in [0.29, 0.717) is 5.75 Å². The van der Waals surface area contributed by atoms with Gasteiger partial charge in [0, 0.05) is 7.11 Å². The summed E-state index contributed by atoms with van der Waals surface area (Å²) in [7, 11) is 2.77. The van der Waals surface area contributed by atoms with Crippen molar-refractivity contribution in [2.24, 2.45) is 0 Å². The van der Waals surface area contributed by atoms with Crippen molar-refractivity contribution < 1.29 is 19.0 Å². The Labute approximate surface area is 92.7 Å². The van der Waals surface area contributed by atoms with Crippen molar-refractivity contribution in [3.05, 3.63) is 28.8 Å². The minimum atomic E-state index is -0.535. The predicted octanol–water partition coefficient (Wildman–Crippen LogP) is 2.11. The van der Waals surface area contributed by atoms with Crippen LogP contribution < -0.4 is 4.74 Å². The van der Waals surface area contributed by atoms with Crippen molar-refractivity contribution >= 4 is 17.6 Å². The second-order valence-corrected chi connectivity index (χ2v) is 3.06. The molecule has 0 aliphatic carbocycles. The molecule has 0 spiro atoms. The molecule has 15 heavy (non-hydrogen) atoms. The first-order valence-corrected chi connectivity index (χ1v) is 4.57. The van der Waals surface area contributed by atoms with Crippen LogP contribution in [0.3, 0.4) is 0 Å². The molecular formula is C10H11ClO4. The van der Waals surface area contributed by atoms with E-state index < -0.39 is 5.97 Å². The third kappa shape index (κ3) is 2.84. The van der Waals surface area contributed by atoms with Gasteiger partial charge in [0.25, 0.3) is 0 Å². The molecule has 0 radical (unpaired) electrons. The van der Waals surface area contributed by atoms with Crippen molar-refractivity contribution in [3.8, 4) is 5.75 Å². The molecule has 0 aliphatic rings. The first kappa shape index (κ1) is 11.8. The van der Waals surface area contributed by atoms with Crippen molar-refractivity contribution in [2.45, 2.75) is 0 Å². The molecule has 82 valence electrons. The number of carbonyl (C=O) groups is 1. The minimum absolute atomic E-state index is 0.0460. The molecule has 0 aliphatic heterocycles. The third-order valence-corrected chi connectivity index (χ3v) is 2.01. The number of esters is 1. The van der Waals surface area contributed by atoms with E-state index in [2.05, 4.69) is 4.74 Å². The Bertz CT molecular complexity index is 351. The number of carbonyl (C=O) groups excluding carboxylic acids is 1. The van der Waals surface area contributed by atoms with Crippen LogP contribution in [-0.4, -0.2) is 27.0 Å². The van der Waals surface area contributed by atoms with Gasteiger partial charge in [-0.2, -0.15) is 0 Å². The zero-order valence-corrected chi connectivity index (χ0v) is 9.21. The van der Waals surface area contributed by atoms with Crippen LogP contribution in [0.15, 0.2) is 18.2 Å². The molecule has 1 aromatic rings. The smallest absolute Gasteiger partial charge is 0.343 e. The molecule has 0 heterocycles. The summed E-state index contributed by atoms with van der Waals surface area (Å²) in [6.07, 6.45) is 0. The van der Waals surface area contributed by atoms with Crippen molar-refractivity contribution in [3.63, 3.8) is 0 Å². The van der Waals surface area contributed by atoms with Crippen molar-refractivity contribution in [1.82, 2.24) is 0 Å².